The molecule has 1 aliphatic rings. The lowest BCUT2D eigenvalue weighted by Crippen LogP contribution is -2.36. The van der Waals surface area contributed by atoms with Gasteiger partial charge in [-0.3, -0.25) is 24.0 Å². The van der Waals surface area contributed by atoms with E-state index in [1.165, 1.54) is 0 Å². The van der Waals surface area contributed by atoms with Crippen LogP contribution < -0.4 is 0 Å². The average Bonchev–Trinajstić information content (AvgIpc) is 3.33. The quantitative estimate of drug-likeness (QED) is 0.217. The van der Waals surface area contributed by atoms with Crippen LogP contribution in [0, 0.1) is 17.0 Å². The number of hydrogen-bond donors (Lipinski definition) is 1. The van der Waals surface area contributed by atoms with Crippen LogP contribution in [0.2, 0.25) is 10.0 Å². The van der Waals surface area contributed by atoms with Crippen LogP contribution in [-0.4, -0.2) is 49.0 Å². The van der Waals surface area contributed by atoms with Crippen molar-refractivity contribution < 1.29 is 37.1 Å². The number of Topliss-reactive ketones (excluding diaryl/α,β-unsaturated/α-hetero) is 1. The molecule has 1 amide bonds. The minimum atomic E-state index is -3.16. The van der Waals surface area contributed by atoms with Crippen molar-refractivity contribution in [2.24, 2.45) is 5.41 Å². The first-order valence-corrected chi connectivity index (χ1v) is 13.2. The Kier molecular flexibility index (Phi) is 9.03. The molecule has 0 saturated heterocycles. The molecule has 14 heteroatoms. The lowest BCUT2D eigenvalue weighted by atomic mass is 9.74. The minimum Gasteiger partial charge on any atom is -0.481 e. The molecule has 41 heavy (non-hydrogen) atoms. The lowest BCUT2D eigenvalue weighted by molar-refractivity contribution is -0.150. The molecule has 1 fully saturated rings. The number of benzene rings is 1. The number of carbonyl (C=O) groups excluding carboxylic acids is 2. The lowest BCUT2D eigenvalue weighted by Gasteiger charge is -2.34. The van der Waals surface area contributed by atoms with Crippen molar-refractivity contribution in [2.75, 3.05) is 6.54 Å². The summed E-state index contributed by atoms with van der Waals surface area (Å²) in [6.45, 7) is 0.339. The summed E-state index contributed by atoms with van der Waals surface area (Å²) in [7, 11) is 0. The zero-order chi connectivity index (χ0) is 30.1. The number of ketones is 1. The van der Waals surface area contributed by atoms with E-state index in [4.69, 9.17) is 23.2 Å². The molecule has 0 atom stereocenters. The van der Waals surface area contributed by atoms with E-state index in [1.54, 1.807) is 6.92 Å². The molecule has 0 spiro atoms. The van der Waals surface area contributed by atoms with Gasteiger partial charge < -0.3 is 10.0 Å². The normalized spacial score (nSPS) is 18.9. The molecule has 2 aromatic heterocycles. The smallest absolute Gasteiger partial charge is 0.309 e. The van der Waals surface area contributed by atoms with Crippen LogP contribution in [0.5, 0.6) is 0 Å². The number of rotatable bonds is 9. The molecular weight excluding hydrogens is 591 g/mol. The van der Waals surface area contributed by atoms with Crippen LogP contribution in [0.3, 0.4) is 0 Å². The van der Waals surface area contributed by atoms with E-state index >= 15 is 0 Å². The summed E-state index contributed by atoms with van der Waals surface area (Å²) in [5.74, 6) is -4.67. The molecule has 0 aliphatic heterocycles. The summed E-state index contributed by atoms with van der Waals surface area (Å²) in [5, 5.41) is 13.3. The Bertz CT molecular complexity index is 1450. The summed E-state index contributed by atoms with van der Waals surface area (Å²) >= 11 is 12.2. The Morgan fingerprint density at radius 3 is 2.20 bits per heavy atom. The fourth-order valence-corrected chi connectivity index (χ4v) is 5.54. The predicted octanol–water partition coefficient (Wildman–Crippen LogP) is 6.53. The fraction of sp³-hybridized carbons (Fsp3) is 0.370. The maximum absolute atomic E-state index is 14.4. The van der Waals surface area contributed by atoms with Gasteiger partial charge in [-0.25, -0.2) is 17.6 Å². The zero-order valence-electron chi connectivity index (χ0n) is 21.6. The maximum Gasteiger partial charge on any atom is 0.309 e. The minimum absolute atomic E-state index is 0.0400. The second-order valence-electron chi connectivity index (χ2n) is 10.1. The third-order valence-electron chi connectivity index (χ3n) is 7.24. The average molecular weight is 615 g/mol. The number of carboxylic acids is 1. The zero-order valence-corrected chi connectivity index (χ0v) is 23.1. The number of aromatic nitrogens is 3. The monoisotopic (exact) mass is 614 g/mol. The van der Waals surface area contributed by atoms with Gasteiger partial charge in [0, 0.05) is 25.0 Å². The summed E-state index contributed by atoms with van der Waals surface area (Å²) < 4.78 is 57.7. The van der Waals surface area contributed by atoms with E-state index in [0.717, 1.165) is 40.3 Å². The molecule has 4 rings (SSSR count). The molecule has 2 heterocycles. The van der Waals surface area contributed by atoms with Crippen LogP contribution in [0.25, 0.3) is 0 Å². The Labute approximate surface area is 241 Å². The molecule has 0 radical (unpaired) electrons. The highest BCUT2D eigenvalue weighted by molar-refractivity contribution is 6.39. The van der Waals surface area contributed by atoms with Crippen molar-refractivity contribution in [1.29, 1.82) is 0 Å². The third kappa shape index (κ3) is 6.54. The second-order valence-corrected chi connectivity index (χ2v) is 10.9. The third-order valence-corrected chi connectivity index (χ3v) is 7.81. The van der Waals surface area contributed by atoms with Gasteiger partial charge in [0.2, 0.25) is 0 Å². The molecule has 1 aromatic carbocycles. The number of nitrogens with zero attached hydrogens (tertiary/aromatic N) is 4. The number of carbonyl (C=O) groups is 3. The number of amides is 1. The van der Waals surface area contributed by atoms with Gasteiger partial charge in [0.25, 0.3) is 12.3 Å². The summed E-state index contributed by atoms with van der Waals surface area (Å²) in [5.41, 5.74) is -2.42. The molecule has 3 aromatic rings. The van der Waals surface area contributed by atoms with E-state index in [0.29, 0.717) is 6.07 Å². The van der Waals surface area contributed by atoms with Gasteiger partial charge in [-0.05, 0) is 50.3 Å². The van der Waals surface area contributed by atoms with Crippen molar-refractivity contribution in [2.45, 2.75) is 51.6 Å². The van der Waals surface area contributed by atoms with Crippen LogP contribution in [0.1, 0.15) is 77.0 Å². The first kappa shape index (κ1) is 30.4. The van der Waals surface area contributed by atoms with E-state index in [-0.39, 0.29) is 46.9 Å². The first-order chi connectivity index (χ1) is 19.3. The molecule has 1 N–H and O–H groups in total. The molecular formula is C27H24Cl2F4N4O4. The Balaban J connectivity index is 1.69. The van der Waals surface area contributed by atoms with E-state index in [2.05, 4.69) is 10.1 Å². The number of alkyl halides is 2. The number of carboxylic acid groups (broad SMARTS) is 1. The van der Waals surface area contributed by atoms with Crippen LogP contribution >= 0.6 is 23.2 Å². The molecule has 218 valence electrons. The Morgan fingerprint density at radius 2 is 1.66 bits per heavy atom. The van der Waals surface area contributed by atoms with Gasteiger partial charge in [-0.1, -0.05) is 23.2 Å². The van der Waals surface area contributed by atoms with Gasteiger partial charge >= 0.3 is 5.97 Å². The van der Waals surface area contributed by atoms with Gasteiger partial charge in [0.05, 0.1) is 45.4 Å². The van der Waals surface area contributed by atoms with Crippen LogP contribution in [0.15, 0.2) is 36.8 Å². The first-order valence-electron chi connectivity index (χ1n) is 12.5. The number of halogens is 6. The Hall–Kier alpha value is -3.51. The molecule has 1 saturated carbocycles. The van der Waals surface area contributed by atoms with E-state index in [1.807, 2.05) is 0 Å². The standard InChI is InChI=1S/C27H24Cl2F4N4O4/c1-27(26(40)41)4-2-17(3-5-27)37-23(24(32)33)18(9-35-37)25(39)36(12-14-6-15(30)8-16(31)7-14)13-21(38)22-19(28)10-34-11-20(22)29/h6-11,17,24H,2-5,12-13H2,1H3,(H,40,41). The van der Waals surface area contributed by atoms with Crippen molar-refractivity contribution in [1.82, 2.24) is 19.7 Å². The topological polar surface area (TPSA) is 105 Å². The van der Waals surface area contributed by atoms with Crippen molar-refractivity contribution in [3.05, 3.63) is 80.9 Å². The number of pyridine rings is 1. The summed E-state index contributed by atoms with van der Waals surface area (Å²) in [4.78, 5) is 43.1. The highest BCUT2D eigenvalue weighted by Gasteiger charge is 2.40. The summed E-state index contributed by atoms with van der Waals surface area (Å²) in [6, 6.07) is 1.92. The van der Waals surface area contributed by atoms with Gasteiger partial charge in [-0.15, -0.1) is 0 Å². The summed E-state index contributed by atoms with van der Waals surface area (Å²) in [6.07, 6.45) is 1.03. The van der Waals surface area contributed by atoms with Crippen molar-refractivity contribution in [3.63, 3.8) is 0 Å². The highest BCUT2D eigenvalue weighted by Crippen LogP contribution is 2.42. The highest BCUT2D eigenvalue weighted by atomic mass is 35.5. The fourth-order valence-electron chi connectivity index (χ4n) is 4.97. The molecule has 1 aliphatic carbocycles. The largest absolute Gasteiger partial charge is 0.481 e. The van der Waals surface area contributed by atoms with Crippen molar-refractivity contribution in [3.8, 4) is 0 Å². The molecule has 0 bridgehead atoms. The second kappa shape index (κ2) is 12.2. The number of aliphatic carboxylic acids is 1. The van der Waals surface area contributed by atoms with Crippen LogP contribution in [0.4, 0.5) is 17.6 Å². The Morgan fingerprint density at radius 1 is 1.07 bits per heavy atom. The molecule has 0 unspecified atom stereocenters. The van der Waals surface area contributed by atoms with Gasteiger partial charge in [-0.2, -0.15) is 5.10 Å². The van der Waals surface area contributed by atoms with Gasteiger partial charge in [0.15, 0.2) is 5.78 Å². The van der Waals surface area contributed by atoms with Crippen LogP contribution in [-0.2, 0) is 11.3 Å². The van der Waals surface area contributed by atoms with Crippen molar-refractivity contribution >= 4 is 40.9 Å². The predicted molar refractivity (Wildman–Crippen MR) is 140 cm³/mol. The van der Waals surface area contributed by atoms with Gasteiger partial charge in [0.1, 0.15) is 17.3 Å². The maximum atomic E-state index is 14.4. The number of hydrogen-bond acceptors (Lipinski definition) is 5. The SMILES string of the molecule is CC1(C(=O)O)CCC(n2ncc(C(=O)N(CC(=O)c3c(Cl)cncc3Cl)Cc3cc(F)cc(F)c3)c2C(F)F)CC1. The van der Waals surface area contributed by atoms with E-state index in [9.17, 15) is 37.1 Å². The molecule has 8 nitrogen and oxygen atoms in total. The van der Waals surface area contributed by atoms with E-state index < -0.39 is 71.5 Å².